The first-order valence-electron chi connectivity index (χ1n) is 11.3. The summed E-state index contributed by atoms with van der Waals surface area (Å²) in [6, 6.07) is 5.48. The molecule has 0 heterocycles. The molecular weight excluding hydrogens is 415 g/mol. The summed E-state index contributed by atoms with van der Waals surface area (Å²) in [5.74, 6) is 1.87. The van der Waals surface area contributed by atoms with Crippen molar-refractivity contribution in [2.45, 2.75) is 64.9 Å². The van der Waals surface area contributed by atoms with Crippen LogP contribution in [0.1, 0.15) is 64.4 Å². The molecule has 0 unspecified atom stereocenters. The number of Topliss-reactive ketones (excluding diaryl/α,β-unsaturated/α-hetero) is 1. The average Bonchev–Trinajstić information content (AvgIpc) is 2.95. The number of ketones is 1. The third-order valence-electron chi connectivity index (χ3n) is 9.01. The van der Waals surface area contributed by atoms with Crippen LogP contribution in [0.25, 0.3) is 6.08 Å². The Morgan fingerprint density at radius 3 is 2.60 bits per heavy atom. The molecule has 1 aromatic rings. The fourth-order valence-electron chi connectivity index (χ4n) is 7.25. The Kier molecular flexibility index (Phi) is 5.00. The minimum atomic E-state index is -0.262. The van der Waals surface area contributed by atoms with Gasteiger partial charge in [-0.3, -0.25) is 4.79 Å². The molecule has 0 spiro atoms. The lowest BCUT2D eigenvalue weighted by atomic mass is 9.48. The van der Waals surface area contributed by atoms with Gasteiger partial charge in [-0.2, -0.15) is 0 Å². The van der Waals surface area contributed by atoms with Crippen molar-refractivity contribution in [1.29, 1.82) is 0 Å². The van der Waals surface area contributed by atoms with Gasteiger partial charge in [-0.15, -0.1) is 0 Å². The van der Waals surface area contributed by atoms with Crippen LogP contribution in [0.4, 0.5) is 0 Å². The molecule has 2 nitrogen and oxygen atoms in total. The molecule has 6 atom stereocenters. The van der Waals surface area contributed by atoms with Crippen molar-refractivity contribution >= 4 is 35.1 Å². The van der Waals surface area contributed by atoms with Gasteiger partial charge in [0.1, 0.15) is 0 Å². The first-order valence-corrected chi connectivity index (χ1v) is 12.1. The van der Waals surface area contributed by atoms with E-state index in [0.717, 1.165) is 56.1 Å². The Morgan fingerprint density at radius 2 is 1.83 bits per heavy atom. The van der Waals surface area contributed by atoms with Crippen LogP contribution in [0.3, 0.4) is 0 Å². The van der Waals surface area contributed by atoms with Crippen LogP contribution < -0.4 is 0 Å². The second kappa shape index (κ2) is 7.22. The Balaban J connectivity index is 1.48. The highest BCUT2D eigenvalue weighted by atomic mass is 35.5. The average molecular weight is 445 g/mol. The van der Waals surface area contributed by atoms with Gasteiger partial charge in [-0.1, -0.05) is 54.8 Å². The lowest BCUT2D eigenvalue weighted by Gasteiger charge is -2.56. The van der Waals surface area contributed by atoms with E-state index in [-0.39, 0.29) is 16.9 Å². The van der Waals surface area contributed by atoms with Crippen LogP contribution >= 0.6 is 23.2 Å². The minimum absolute atomic E-state index is 0.179. The van der Waals surface area contributed by atoms with Crippen LogP contribution in [0.2, 0.25) is 10.0 Å². The van der Waals surface area contributed by atoms with Crippen LogP contribution in [0.5, 0.6) is 0 Å². The molecule has 3 saturated carbocycles. The number of aliphatic hydroxyl groups is 1. The van der Waals surface area contributed by atoms with Crippen molar-refractivity contribution in [2.75, 3.05) is 0 Å². The Bertz CT molecular complexity index is 964. The molecule has 0 saturated heterocycles. The van der Waals surface area contributed by atoms with E-state index < -0.39 is 0 Å². The summed E-state index contributed by atoms with van der Waals surface area (Å²) in [5, 5.41) is 11.4. The van der Waals surface area contributed by atoms with E-state index in [2.05, 4.69) is 19.9 Å². The van der Waals surface area contributed by atoms with Gasteiger partial charge < -0.3 is 5.11 Å². The van der Waals surface area contributed by atoms with Crippen LogP contribution in [-0.4, -0.2) is 17.0 Å². The number of carbonyl (C=O) groups is 1. The van der Waals surface area contributed by atoms with E-state index in [1.807, 2.05) is 18.2 Å². The van der Waals surface area contributed by atoms with E-state index >= 15 is 0 Å². The smallest absolute Gasteiger partial charge is 0.165 e. The van der Waals surface area contributed by atoms with Gasteiger partial charge in [0, 0.05) is 15.5 Å². The van der Waals surface area contributed by atoms with Crippen molar-refractivity contribution < 1.29 is 9.90 Å². The van der Waals surface area contributed by atoms with Gasteiger partial charge in [0.25, 0.3) is 0 Å². The third-order valence-corrected chi connectivity index (χ3v) is 9.57. The summed E-state index contributed by atoms with van der Waals surface area (Å²) in [4.78, 5) is 13.5. The predicted molar refractivity (Wildman–Crippen MR) is 123 cm³/mol. The molecule has 0 amide bonds. The molecule has 30 heavy (non-hydrogen) atoms. The molecule has 3 fully saturated rings. The monoisotopic (exact) mass is 444 g/mol. The largest absolute Gasteiger partial charge is 0.393 e. The highest BCUT2D eigenvalue weighted by molar-refractivity contribution is 6.35. The summed E-state index contributed by atoms with van der Waals surface area (Å²) in [7, 11) is 0. The molecule has 1 aromatic carbocycles. The number of hydrogen-bond donors (Lipinski definition) is 1. The minimum Gasteiger partial charge on any atom is -0.393 e. The fraction of sp³-hybridized carbons (Fsp3) is 0.577. The van der Waals surface area contributed by atoms with Gasteiger partial charge in [0.15, 0.2) is 5.78 Å². The second-order valence-corrected chi connectivity index (χ2v) is 11.3. The highest BCUT2D eigenvalue weighted by Gasteiger charge is 2.59. The number of fused-ring (bicyclic) bond motifs is 5. The Hall–Kier alpha value is -1.09. The Labute approximate surface area is 189 Å². The quantitative estimate of drug-likeness (QED) is 0.378. The van der Waals surface area contributed by atoms with E-state index in [0.29, 0.717) is 33.6 Å². The van der Waals surface area contributed by atoms with Crippen molar-refractivity contribution in [3.05, 3.63) is 51.0 Å². The van der Waals surface area contributed by atoms with Gasteiger partial charge >= 0.3 is 0 Å². The SMILES string of the molecule is C[C@]12CC[C@@H](O)CC1=CC[C@@H]1[C@@H]2CC[C@]2(C)C(=O)/C(=C/c3ccc(Cl)cc3Cl)C[C@@H]12. The summed E-state index contributed by atoms with van der Waals surface area (Å²) < 4.78 is 0. The molecule has 160 valence electrons. The first-order chi connectivity index (χ1) is 14.2. The summed E-state index contributed by atoms with van der Waals surface area (Å²) >= 11 is 12.4. The lowest BCUT2D eigenvalue weighted by molar-refractivity contribution is -0.130. The number of aliphatic hydroxyl groups excluding tert-OH is 1. The zero-order valence-corrected chi connectivity index (χ0v) is 19.3. The normalized spacial score (nSPS) is 41.8. The van der Waals surface area contributed by atoms with Gasteiger partial charge in [-0.25, -0.2) is 0 Å². The summed E-state index contributed by atoms with van der Waals surface area (Å²) in [6.07, 6.45) is 11.0. The van der Waals surface area contributed by atoms with Crippen LogP contribution in [-0.2, 0) is 4.79 Å². The maximum Gasteiger partial charge on any atom is 0.165 e. The number of hydrogen-bond acceptors (Lipinski definition) is 2. The van der Waals surface area contributed by atoms with Crippen molar-refractivity contribution in [3.63, 3.8) is 0 Å². The summed E-state index contributed by atoms with van der Waals surface area (Å²) in [5.41, 5.74) is 3.20. The molecule has 0 radical (unpaired) electrons. The number of halogens is 2. The van der Waals surface area contributed by atoms with E-state index in [1.54, 1.807) is 6.07 Å². The first kappa shape index (κ1) is 20.8. The standard InChI is InChI=1S/C26H30Cl2O2/c1-25-9-7-19(29)13-17(25)4-6-20-21(25)8-10-26(2)22(20)12-16(24(26)30)11-15-3-5-18(27)14-23(15)28/h3-5,11,14,19-22,29H,6-10,12-13H2,1-2H3/b16-11+/t19-,20-,21+,22+,25+,26+/m1/s1. The number of carbonyl (C=O) groups excluding carboxylic acids is 1. The number of benzene rings is 1. The zero-order valence-electron chi connectivity index (χ0n) is 17.8. The molecular formula is C26H30Cl2O2. The topological polar surface area (TPSA) is 37.3 Å². The number of allylic oxidation sites excluding steroid dienone is 2. The van der Waals surface area contributed by atoms with Crippen molar-refractivity contribution in [2.24, 2.45) is 28.6 Å². The molecule has 5 rings (SSSR count). The Morgan fingerprint density at radius 1 is 1.07 bits per heavy atom. The molecule has 0 aliphatic heterocycles. The molecule has 4 aliphatic carbocycles. The molecule has 1 N–H and O–H groups in total. The maximum atomic E-state index is 13.5. The molecule has 0 aromatic heterocycles. The second-order valence-electron chi connectivity index (χ2n) is 10.5. The maximum absolute atomic E-state index is 13.5. The summed E-state index contributed by atoms with van der Waals surface area (Å²) in [6.45, 7) is 4.62. The molecule has 0 bridgehead atoms. The van der Waals surface area contributed by atoms with Gasteiger partial charge in [0.2, 0.25) is 0 Å². The molecule has 4 heteroatoms. The van der Waals surface area contributed by atoms with Crippen LogP contribution in [0.15, 0.2) is 35.4 Å². The predicted octanol–water partition coefficient (Wildman–Crippen LogP) is 6.88. The van der Waals surface area contributed by atoms with Crippen molar-refractivity contribution in [3.8, 4) is 0 Å². The van der Waals surface area contributed by atoms with E-state index in [9.17, 15) is 9.90 Å². The van der Waals surface area contributed by atoms with Gasteiger partial charge in [0.05, 0.1) is 6.10 Å². The van der Waals surface area contributed by atoms with E-state index in [4.69, 9.17) is 23.2 Å². The van der Waals surface area contributed by atoms with Crippen molar-refractivity contribution in [1.82, 2.24) is 0 Å². The van der Waals surface area contributed by atoms with Gasteiger partial charge in [-0.05, 0) is 97.5 Å². The molecule has 4 aliphatic rings. The lowest BCUT2D eigenvalue weighted by Crippen LogP contribution is -2.50. The van der Waals surface area contributed by atoms with Crippen LogP contribution in [0, 0.1) is 28.6 Å². The number of rotatable bonds is 1. The van der Waals surface area contributed by atoms with E-state index in [1.165, 1.54) is 5.57 Å². The highest BCUT2D eigenvalue weighted by Crippen LogP contribution is 2.64. The zero-order chi connectivity index (χ0) is 21.3. The third kappa shape index (κ3) is 3.05. The fourth-order valence-corrected chi connectivity index (χ4v) is 7.71.